The highest BCUT2D eigenvalue weighted by molar-refractivity contribution is 6.31. The number of anilines is 1. The lowest BCUT2D eigenvalue weighted by Gasteiger charge is -2.26. The molecule has 38 heavy (non-hydrogen) atoms. The van der Waals surface area contributed by atoms with Gasteiger partial charge >= 0.3 is 0 Å². The number of benzene rings is 2. The minimum atomic E-state index is -0.470. The van der Waals surface area contributed by atoms with Crippen molar-refractivity contribution in [3.8, 4) is 16.9 Å². The molecule has 188 valence electrons. The van der Waals surface area contributed by atoms with E-state index in [9.17, 15) is 4.79 Å². The molecular formula is C29H23ClN6O2. The van der Waals surface area contributed by atoms with Gasteiger partial charge in [-0.2, -0.15) is 0 Å². The second-order valence-corrected chi connectivity index (χ2v) is 9.33. The van der Waals surface area contributed by atoms with Crippen LogP contribution in [0.5, 0.6) is 0 Å². The maximum absolute atomic E-state index is 12.6. The number of hydrogen-bond donors (Lipinski definition) is 0. The molecule has 4 aromatic heterocycles. The van der Waals surface area contributed by atoms with Crippen LogP contribution in [0.25, 0.3) is 27.9 Å². The summed E-state index contributed by atoms with van der Waals surface area (Å²) in [6.07, 6.45) is 10.2. The Morgan fingerprint density at radius 2 is 1.92 bits per heavy atom. The van der Waals surface area contributed by atoms with E-state index in [1.54, 1.807) is 35.8 Å². The minimum Gasteiger partial charge on any atom is -0.440 e. The van der Waals surface area contributed by atoms with E-state index in [0.29, 0.717) is 28.7 Å². The summed E-state index contributed by atoms with van der Waals surface area (Å²) < 4.78 is 10.0. The number of imidazole rings is 2. The normalized spacial score (nSPS) is 12.1. The van der Waals surface area contributed by atoms with Gasteiger partial charge in [0, 0.05) is 59.9 Å². The number of pyridine rings is 1. The lowest BCUT2D eigenvalue weighted by atomic mass is 10.1. The van der Waals surface area contributed by atoms with E-state index in [0.717, 1.165) is 34.4 Å². The Bertz CT molecular complexity index is 1690. The first kappa shape index (κ1) is 23.7. The van der Waals surface area contributed by atoms with E-state index < -0.39 is 6.04 Å². The van der Waals surface area contributed by atoms with Crippen LogP contribution in [0.3, 0.4) is 0 Å². The standard InChI is InChI=1S/C29H23ClN6O2/c1-34-26(20-5-8-24(9-6-20)35-13-12-31-18-35)17-33-29(34)25(16-23-4-2-3-11-32-23)36(19-37)28-15-21-14-22(30)7-10-27(21)38-28/h2-15,17-19,25H,16H2,1H3. The first-order valence-electron chi connectivity index (χ1n) is 12.0. The maximum atomic E-state index is 12.6. The van der Waals surface area contributed by atoms with Gasteiger partial charge in [0.2, 0.25) is 12.3 Å². The van der Waals surface area contributed by atoms with Crippen molar-refractivity contribution >= 4 is 34.9 Å². The molecule has 9 heteroatoms. The minimum absolute atomic E-state index is 0.410. The van der Waals surface area contributed by atoms with E-state index >= 15 is 0 Å². The number of amides is 1. The van der Waals surface area contributed by atoms with Crippen molar-refractivity contribution in [2.75, 3.05) is 4.90 Å². The van der Waals surface area contributed by atoms with Gasteiger partial charge in [0.15, 0.2) is 0 Å². The Morgan fingerprint density at radius 1 is 1.05 bits per heavy atom. The zero-order valence-electron chi connectivity index (χ0n) is 20.5. The highest BCUT2D eigenvalue weighted by Crippen LogP contribution is 2.35. The zero-order chi connectivity index (χ0) is 26.1. The van der Waals surface area contributed by atoms with Crippen molar-refractivity contribution in [1.29, 1.82) is 0 Å². The largest absolute Gasteiger partial charge is 0.440 e. The molecule has 0 aliphatic rings. The summed E-state index contributed by atoms with van der Waals surface area (Å²) in [6.45, 7) is 0. The monoisotopic (exact) mass is 522 g/mol. The molecule has 0 N–H and O–H groups in total. The van der Waals surface area contributed by atoms with E-state index in [-0.39, 0.29) is 0 Å². The average molecular weight is 523 g/mol. The van der Waals surface area contributed by atoms with Gasteiger partial charge in [-0.05, 0) is 48.0 Å². The molecule has 0 saturated heterocycles. The van der Waals surface area contributed by atoms with E-state index in [1.165, 1.54) is 0 Å². The van der Waals surface area contributed by atoms with Crippen LogP contribution in [-0.2, 0) is 18.3 Å². The van der Waals surface area contributed by atoms with Gasteiger partial charge in [0.25, 0.3) is 0 Å². The molecule has 8 nitrogen and oxygen atoms in total. The van der Waals surface area contributed by atoms with Crippen LogP contribution in [0.4, 0.5) is 5.88 Å². The fraction of sp³-hybridized carbons (Fsp3) is 0.103. The molecule has 6 aromatic rings. The molecule has 0 aliphatic heterocycles. The summed E-state index contributed by atoms with van der Waals surface area (Å²) in [5.74, 6) is 1.11. The average Bonchev–Trinajstić information content (AvgIpc) is 3.69. The molecule has 0 radical (unpaired) electrons. The number of carbonyl (C=O) groups excluding carboxylic acids is 1. The van der Waals surface area contributed by atoms with Crippen LogP contribution in [-0.4, -0.2) is 30.5 Å². The molecule has 1 amide bonds. The third kappa shape index (κ3) is 4.46. The van der Waals surface area contributed by atoms with E-state index in [2.05, 4.69) is 9.97 Å². The van der Waals surface area contributed by atoms with Crippen molar-refractivity contribution in [3.05, 3.63) is 114 Å². The Balaban J connectivity index is 1.40. The molecular weight excluding hydrogens is 500 g/mol. The fourth-order valence-electron chi connectivity index (χ4n) is 4.66. The van der Waals surface area contributed by atoms with Gasteiger partial charge < -0.3 is 13.6 Å². The molecule has 0 aliphatic carbocycles. The van der Waals surface area contributed by atoms with Gasteiger partial charge in [-0.25, -0.2) is 9.97 Å². The second-order valence-electron chi connectivity index (χ2n) is 8.90. The highest BCUT2D eigenvalue weighted by Gasteiger charge is 2.29. The van der Waals surface area contributed by atoms with Crippen molar-refractivity contribution in [2.45, 2.75) is 12.5 Å². The predicted molar refractivity (Wildman–Crippen MR) is 146 cm³/mol. The molecule has 0 fully saturated rings. The van der Waals surface area contributed by atoms with E-state index in [1.807, 2.05) is 83.2 Å². The second kappa shape index (κ2) is 9.99. The zero-order valence-corrected chi connectivity index (χ0v) is 21.2. The fourth-order valence-corrected chi connectivity index (χ4v) is 4.84. The van der Waals surface area contributed by atoms with Gasteiger partial charge in [-0.15, -0.1) is 0 Å². The van der Waals surface area contributed by atoms with Crippen molar-refractivity contribution in [2.24, 2.45) is 7.05 Å². The van der Waals surface area contributed by atoms with Crippen LogP contribution in [0.2, 0.25) is 5.02 Å². The Morgan fingerprint density at radius 3 is 2.66 bits per heavy atom. The first-order chi connectivity index (χ1) is 18.6. The summed E-state index contributed by atoms with van der Waals surface area (Å²) >= 11 is 6.18. The maximum Gasteiger partial charge on any atom is 0.217 e. The van der Waals surface area contributed by atoms with Gasteiger partial charge in [0.1, 0.15) is 17.4 Å². The van der Waals surface area contributed by atoms with Gasteiger partial charge in [-0.1, -0.05) is 29.8 Å². The van der Waals surface area contributed by atoms with Gasteiger partial charge in [-0.3, -0.25) is 14.7 Å². The third-order valence-electron chi connectivity index (χ3n) is 6.59. The Hall–Kier alpha value is -4.69. The summed E-state index contributed by atoms with van der Waals surface area (Å²) in [7, 11) is 1.95. The number of aromatic nitrogens is 5. The molecule has 1 unspecified atom stereocenters. The molecule has 1 atom stereocenters. The highest BCUT2D eigenvalue weighted by atomic mass is 35.5. The molecule has 4 heterocycles. The Labute approximate surface area is 223 Å². The van der Waals surface area contributed by atoms with Crippen LogP contribution in [0.15, 0.2) is 102 Å². The Kier molecular flexibility index (Phi) is 6.23. The van der Waals surface area contributed by atoms with Crippen LogP contribution in [0, 0.1) is 0 Å². The number of carbonyl (C=O) groups is 1. The SMILES string of the molecule is Cn1c(-c2ccc(-n3ccnc3)cc2)cnc1C(Cc1ccccn1)N(C=O)c1cc2cc(Cl)ccc2o1. The number of halogens is 1. The summed E-state index contributed by atoms with van der Waals surface area (Å²) in [5.41, 5.74) is 4.41. The molecule has 2 aromatic carbocycles. The van der Waals surface area contributed by atoms with Crippen LogP contribution < -0.4 is 4.90 Å². The van der Waals surface area contributed by atoms with Crippen LogP contribution in [0.1, 0.15) is 17.6 Å². The number of rotatable bonds is 8. The lowest BCUT2D eigenvalue weighted by Crippen LogP contribution is -2.31. The number of furan rings is 1. The predicted octanol–water partition coefficient (Wildman–Crippen LogP) is 6.01. The number of fused-ring (bicyclic) bond motifs is 1. The molecule has 0 saturated carbocycles. The molecule has 6 rings (SSSR count). The van der Waals surface area contributed by atoms with Crippen molar-refractivity contribution < 1.29 is 9.21 Å². The van der Waals surface area contributed by atoms with Crippen molar-refractivity contribution in [1.82, 2.24) is 24.1 Å². The summed E-state index contributed by atoms with van der Waals surface area (Å²) in [5, 5.41) is 1.41. The summed E-state index contributed by atoms with van der Waals surface area (Å²) in [6, 6.07) is 20.6. The van der Waals surface area contributed by atoms with Crippen LogP contribution >= 0.6 is 11.6 Å². The number of nitrogens with zero attached hydrogens (tertiary/aromatic N) is 6. The molecule has 0 bridgehead atoms. The van der Waals surface area contributed by atoms with Crippen molar-refractivity contribution in [3.63, 3.8) is 0 Å². The lowest BCUT2D eigenvalue weighted by molar-refractivity contribution is -0.108. The van der Waals surface area contributed by atoms with E-state index in [4.69, 9.17) is 21.0 Å². The first-order valence-corrected chi connectivity index (χ1v) is 12.4. The smallest absolute Gasteiger partial charge is 0.217 e. The van der Waals surface area contributed by atoms with Gasteiger partial charge in [0.05, 0.1) is 18.2 Å². The topological polar surface area (TPSA) is 82.0 Å². The number of hydrogen-bond acceptors (Lipinski definition) is 5. The third-order valence-corrected chi connectivity index (χ3v) is 6.82. The quantitative estimate of drug-likeness (QED) is 0.228. The molecule has 0 spiro atoms. The summed E-state index contributed by atoms with van der Waals surface area (Å²) in [4.78, 5) is 27.5.